The summed E-state index contributed by atoms with van der Waals surface area (Å²) in [6.45, 7) is 4.43. The molecule has 0 aliphatic carbocycles. The highest BCUT2D eigenvalue weighted by Crippen LogP contribution is 2.41. The predicted molar refractivity (Wildman–Crippen MR) is 113 cm³/mol. The summed E-state index contributed by atoms with van der Waals surface area (Å²) in [6, 6.07) is 21.9. The zero-order valence-corrected chi connectivity index (χ0v) is 15.6. The van der Waals surface area contributed by atoms with E-state index in [0.29, 0.717) is 0 Å². The first-order valence-electron chi connectivity index (χ1n) is 9.64. The molecule has 0 bridgehead atoms. The van der Waals surface area contributed by atoms with Crippen LogP contribution in [0.5, 0.6) is 0 Å². The number of pyridine rings is 1. The number of nitrogens with zero attached hydrogens (tertiary/aromatic N) is 2. The van der Waals surface area contributed by atoms with Gasteiger partial charge in [-0.3, -0.25) is 4.40 Å². The summed E-state index contributed by atoms with van der Waals surface area (Å²) in [4.78, 5) is 4.97. The maximum absolute atomic E-state index is 4.97. The molecule has 27 heavy (non-hydrogen) atoms. The molecule has 0 amide bonds. The van der Waals surface area contributed by atoms with E-state index in [1.165, 1.54) is 55.3 Å². The minimum absolute atomic E-state index is 1.06. The van der Waals surface area contributed by atoms with Crippen molar-refractivity contribution < 1.29 is 0 Å². The van der Waals surface area contributed by atoms with Gasteiger partial charge in [0.1, 0.15) is 5.65 Å². The highest BCUT2D eigenvalue weighted by Gasteiger charge is 2.24. The number of hydrogen-bond acceptors (Lipinski definition) is 1. The standard InChI is InChI=1S/C25H20N2/c1-15-21(17-8-4-3-5-9-17)14-18-12-13-22-16(2)26-25-20-11-7-6-10-19(20)23(15)24(18)27(22)25/h3-11,14H,12-13H2,1-2H3. The molecule has 0 atom stereocenters. The van der Waals surface area contributed by atoms with Crippen LogP contribution >= 0.6 is 0 Å². The van der Waals surface area contributed by atoms with Crippen molar-refractivity contribution in [2.24, 2.45) is 0 Å². The van der Waals surface area contributed by atoms with Crippen LogP contribution in [0.4, 0.5) is 0 Å². The summed E-state index contributed by atoms with van der Waals surface area (Å²) in [6.07, 6.45) is 2.14. The van der Waals surface area contributed by atoms with Crippen molar-refractivity contribution in [1.29, 1.82) is 0 Å². The first-order chi connectivity index (χ1) is 13.2. The summed E-state index contributed by atoms with van der Waals surface area (Å²) < 4.78 is 2.44. The van der Waals surface area contributed by atoms with Gasteiger partial charge < -0.3 is 0 Å². The molecule has 0 saturated heterocycles. The highest BCUT2D eigenvalue weighted by atomic mass is 15.0. The van der Waals surface area contributed by atoms with Crippen LogP contribution < -0.4 is 0 Å². The Morgan fingerprint density at radius 3 is 2.41 bits per heavy atom. The molecule has 3 aromatic carbocycles. The van der Waals surface area contributed by atoms with E-state index in [1.54, 1.807) is 0 Å². The Bertz CT molecular complexity index is 1370. The number of rotatable bonds is 1. The van der Waals surface area contributed by atoms with Gasteiger partial charge in [-0.1, -0.05) is 54.6 Å². The molecule has 5 aromatic rings. The normalized spacial score (nSPS) is 13.3. The largest absolute Gasteiger partial charge is 0.296 e. The molecule has 0 saturated carbocycles. The van der Waals surface area contributed by atoms with Crippen molar-refractivity contribution in [3.63, 3.8) is 0 Å². The highest BCUT2D eigenvalue weighted by molar-refractivity contribution is 6.15. The van der Waals surface area contributed by atoms with Crippen LogP contribution in [-0.2, 0) is 12.8 Å². The van der Waals surface area contributed by atoms with E-state index in [4.69, 9.17) is 4.98 Å². The van der Waals surface area contributed by atoms with Gasteiger partial charge >= 0.3 is 0 Å². The molecule has 6 rings (SSSR count). The van der Waals surface area contributed by atoms with Crippen molar-refractivity contribution in [1.82, 2.24) is 9.38 Å². The number of imidazole rings is 1. The monoisotopic (exact) mass is 348 g/mol. The number of aryl methyl sites for hydroxylation is 4. The van der Waals surface area contributed by atoms with Gasteiger partial charge in [0.25, 0.3) is 0 Å². The maximum Gasteiger partial charge on any atom is 0.145 e. The lowest BCUT2D eigenvalue weighted by atomic mass is 9.88. The van der Waals surface area contributed by atoms with Gasteiger partial charge in [0.2, 0.25) is 0 Å². The first-order valence-corrected chi connectivity index (χ1v) is 9.64. The van der Waals surface area contributed by atoms with Gasteiger partial charge in [-0.15, -0.1) is 0 Å². The average Bonchev–Trinajstić information content (AvgIpc) is 3.06. The Kier molecular flexibility index (Phi) is 2.88. The van der Waals surface area contributed by atoms with Gasteiger partial charge in [-0.2, -0.15) is 0 Å². The van der Waals surface area contributed by atoms with Gasteiger partial charge in [-0.05, 0) is 60.4 Å². The molecule has 2 heteroatoms. The quantitative estimate of drug-likeness (QED) is 0.338. The smallest absolute Gasteiger partial charge is 0.145 e. The summed E-state index contributed by atoms with van der Waals surface area (Å²) in [5.74, 6) is 0. The summed E-state index contributed by atoms with van der Waals surface area (Å²) in [7, 11) is 0. The third kappa shape index (κ3) is 1.88. The van der Waals surface area contributed by atoms with Crippen LogP contribution in [0.15, 0.2) is 60.7 Å². The zero-order valence-electron chi connectivity index (χ0n) is 15.6. The first kappa shape index (κ1) is 15.0. The Labute approximate surface area is 158 Å². The average molecular weight is 348 g/mol. The molecular weight excluding hydrogens is 328 g/mol. The van der Waals surface area contributed by atoms with E-state index in [2.05, 4.69) is 78.9 Å². The topological polar surface area (TPSA) is 17.3 Å². The van der Waals surface area contributed by atoms with E-state index in [9.17, 15) is 0 Å². The molecule has 0 fully saturated rings. The molecule has 0 spiro atoms. The van der Waals surface area contributed by atoms with Crippen LogP contribution in [0.25, 0.3) is 38.4 Å². The van der Waals surface area contributed by atoms with E-state index in [1.807, 2.05) is 0 Å². The van der Waals surface area contributed by atoms with Crippen molar-refractivity contribution in [2.75, 3.05) is 0 Å². The summed E-state index contributed by atoms with van der Waals surface area (Å²) >= 11 is 0. The van der Waals surface area contributed by atoms with Crippen LogP contribution in [0.1, 0.15) is 22.5 Å². The number of hydrogen-bond donors (Lipinski definition) is 0. The molecule has 0 unspecified atom stereocenters. The second-order valence-electron chi connectivity index (χ2n) is 7.65. The van der Waals surface area contributed by atoms with Gasteiger partial charge in [-0.25, -0.2) is 4.98 Å². The fourth-order valence-corrected chi connectivity index (χ4v) is 4.94. The van der Waals surface area contributed by atoms with Crippen LogP contribution in [-0.4, -0.2) is 9.38 Å². The maximum atomic E-state index is 4.97. The van der Waals surface area contributed by atoms with Crippen molar-refractivity contribution in [3.05, 3.63) is 83.2 Å². The predicted octanol–water partition coefficient (Wildman–Crippen LogP) is 6.02. The van der Waals surface area contributed by atoms with Crippen LogP contribution in [0, 0.1) is 13.8 Å². The molecule has 2 nitrogen and oxygen atoms in total. The Morgan fingerprint density at radius 2 is 1.59 bits per heavy atom. The third-order valence-corrected chi connectivity index (χ3v) is 6.19. The van der Waals surface area contributed by atoms with E-state index in [0.717, 1.165) is 18.5 Å². The Balaban J connectivity index is 1.92. The van der Waals surface area contributed by atoms with E-state index < -0.39 is 0 Å². The van der Waals surface area contributed by atoms with E-state index in [-0.39, 0.29) is 0 Å². The molecule has 2 aromatic heterocycles. The second-order valence-corrected chi connectivity index (χ2v) is 7.65. The molecule has 0 radical (unpaired) electrons. The lowest BCUT2D eigenvalue weighted by molar-refractivity contribution is 0.866. The zero-order chi connectivity index (χ0) is 18.1. The summed E-state index contributed by atoms with van der Waals surface area (Å²) in [5.41, 5.74) is 10.5. The molecule has 1 aliphatic rings. The fourth-order valence-electron chi connectivity index (χ4n) is 4.94. The van der Waals surface area contributed by atoms with Crippen molar-refractivity contribution >= 4 is 27.3 Å². The van der Waals surface area contributed by atoms with Crippen LogP contribution in [0.3, 0.4) is 0 Å². The van der Waals surface area contributed by atoms with Gasteiger partial charge in [0.15, 0.2) is 0 Å². The lowest BCUT2D eigenvalue weighted by Crippen LogP contribution is -2.09. The lowest BCUT2D eigenvalue weighted by Gasteiger charge is -2.22. The number of fused-ring (bicyclic) bond motifs is 3. The molecular formula is C25H20N2. The minimum atomic E-state index is 1.06. The van der Waals surface area contributed by atoms with Gasteiger partial charge in [0, 0.05) is 16.5 Å². The molecule has 1 aliphatic heterocycles. The van der Waals surface area contributed by atoms with Crippen LogP contribution in [0.2, 0.25) is 0 Å². The fraction of sp³-hybridized carbons (Fsp3) is 0.160. The minimum Gasteiger partial charge on any atom is -0.296 e. The summed E-state index contributed by atoms with van der Waals surface area (Å²) in [5, 5.41) is 3.95. The van der Waals surface area contributed by atoms with E-state index >= 15 is 0 Å². The van der Waals surface area contributed by atoms with Crippen molar-refractivity contribution in [3.8, 4) is 11.1 Å². The Morgan fingerprint density at radius 1 is 0.852 bits per heavy atom. The van der Waals surface area contributed by atoms with Crippen molar-refractivity contribution in [2.45, 2.75) is 26.7 Å². The molecule has 130 valence electrons. The molecule has 0 N–H and O–H groups in total. The third-order valence-electron chi connectivity index (χ3n) is 6.19. The Hall–Kier alpha value is -3.13. The van der Waals surface area contributed by atoms with Gasteiger partial charge in [0.05, 0.1) is 11.2 Å². The number of aromatic nitrogens is 2. The number of benzene rings is 3. The SMILES string of the molecule is Cc1nc2c3ccccc3c3c(C)c(-c4ccccc4)cc4c3n2c1CC4. The molecule has 3 heterocycles. The second kappa shape index (κ2) is 5.20.